The molecule has 0 aliphatic heterocycles. The fourth-order valence-electron chi connectivity index (χ4n) is 2.45. The van der Waals surface area contributed by atoms with E-state index in [2.05, 4.69) is 26.9 Å². The SMILES string of the molecule is CCCc1c(Cl)ncnc1N[C@H](CC)c1ccc(OC(F)F)cc1. The number of alkyl halides is 2. The van der Waals surface area contributed by atoms with Gasteiger partial charge in [-0.2, -0.15) is 8.78 Å². The molecule has 0 bridgehead atoms. The molecule has 4 nitrogen and oxygen atoms in total. The van der Waals surface area contributed by atoms with Crippen LogP contribution in [0.25, 0.3) is 0 Å². The maximum absolute atomic E-state index is 12.2. The molecule has 0 radical (unpaired) electrons. The van der Waals surface area contributed by atoms with E-state index in [0.717, 1.165) is 30.4 Å². The van der Waals surface area contributed by atoms with Crippen LogP contribution in [0.1, 0.15) is 43.9 Å². The Bertz CT molecular complexity index is 653. The lowest BCUT2D eigenvalue weighted by atomic mass is 10.0. The summed E-state index contributed by atoms with van der Waals surface area (Å²) in [6.45, 7) is 1.27. The van der Waals surface area contributed by atoms with Crippen LogP contribution in [0.15, 0.2) is 30.6 Å². The predicted octanol–water partition coefficient (Wildman–Crippen LogP) is 5.25. The van der Waals surface area contributed by atoms with Gasteiger partial charge in [0.1, 0.15) is 23.0 Å². The molecule has 0 aliphatic carbocycles. The average molecular weight is 356 g/mol. The zero-order valence-electron chi connectivity index (χ0n) is 13.6. The van der Waals surface area contributed by atoms with Gasteiger partial charge in [-0.25, -0.2) is 9.97 Å². The van der Waals surface area contributed by atoms with Crippen LogP contribution in [-0.2, 0) is 6.42 Å². The van der Waals surface area contributed by atoms with Crippen molar-refractivity contribution < 1.29 is 13.5 Å². The predicted molar refractivity (Wildman–Crippen MR) is 90.8 cm³/mol. The van der Waals surface area contributed by atoms with Crippen LogP contribution in [0.4, 0.5) is 14.6 Å². The monoisotopic (exact) mass is 355 g/mol. The molecule has 1 aromatic carbocycles. The summed E-state index contributed by atoms with van der Waals surface area (Å²) in [5.74, 6) is 0.844. The summed E-state index contributed by atoms with van der Waals surface area (Å²) < 4.78 is 28.8. The molecule has 0 fully saturated rings. The Kier molecular flexibility index (Phi) is 6.73. The van der Waals surface area contributed by atoms with Gasteiger partial charge in [0.25, 0.3) is 0 Å². The molecule has 2 aromatic rings. The fourth-order valence-corrected chi connectivity index (χ4v) is 2.68. The lowest BCUT2D eigenvalue weighted by Crippen LogP contribution is -2.13. The number of rotatable bonds is 8. The second-order valence-electron chi connectivity index (χ2n) is 5.29. The lowest BCUT2D eigenvalue weighted by molar-refractivity contribution is -0.0498. The average Bonchev–Trinajstić information content (AvgIpc) is 2.56. The minimum absolute atomic E-state index is 0.0211. The molecule has 0 amide bonds. The lowest BCUT2D eigenvalue weighted by Gasteiger charge is -2.20. The third kappa shape index (κ3) is 4.77. The normalized spacial score (nSPS) is 12.2. The highest BCUT2D eigenvalue weighted by molar-refractivity contribution is 6.30. The molecular weight excluding hydrogens is 336 g/mol. The first-order chi connectivity index (χ1) is 11.5. The Balaban J connectivity index is 2.19. The van der Waals surface area contributed by atoms with Crippen molar-refractivity contribution in [3.8, 4) is 5.75 Å². The summed E-state index contributed by atoms with van der Waals surface area (Å²) in [7, 11) is 0. The number of hydrogen-bond acceptors (Lipinski definition) is 4. The van der Waals surface area contributed by atoms with E-state index in [-0.39, 0.29) is 11.8 Å². The maximum atomic E-state index is 12.2. The van der Waals surface area contributed by atoms with E-state index in [1.54, 1.807) is 12.1 Å². The Morgan fingerprint density at radius 2 is 1.88 bits per heavy atom. The summed E-state index contributed by atoms with van der Waals surface area (Å²) in [5, 5.41) is 3.82. The molecule has 1 atom stereocenters. The molecule has 0 saturated carbocycles. The van der Waals surface area contributed by atoms with Gasteiger partial charge in [0.2, 0.25) is 0 Å². The van der Waals surface area contributed by atoms with E-state index >= 15 is 0 Å². The summed E-state index contributed by atoms with van der Waals surface area (Å²) in [6.07, 6.45) is 3.93. The number of benzene rings is 1. The van der Waals surface area contributed by atoms with Crippen LogP contribution in [0, 0.1) is 0 Å². The van der Waals surface area contributed by atoms with Gasteiger partial charge in [-0.05, 0) is 30.5 Å². The molecule has 1 aromatic heterocycles. The van der Waals surface area contributed by atoms with Gasteiger partial charge in [-0.15, -0.1) is 0 Å². The number of hydrogen-bond donors (Lipinski definition) is 1. The Hall–Kier alpha value is -1.95. The van der Waals surface area contributed by atoms with Gasteiger partial charge < -0.3 is 10.1 Å². The van der Waals surface area contributed by atoms with Gasteiger partial charge in [0, 0.05) is 5.56 Å². The van der Waals surface area contributed by atoms with Gasteiger partial charge in [0.15, 0.2) is 0 Å². The Morgan fingerprint density at radius 3 is 2.46 bits per heavy atom. The van der Waals surface area contributed by atoms with Crippen molar-refractivity contribution in [3.63, 3.8) is 0 Å². The first kappa shape index (κ1) is 18.4. The topological polar surface area (TPSA) is 47.0 Å². The van der Waals surface area contributed by atoms with Crippen molar-refractivity contribution in [2.45, 2.75) is 45.8 Å². The van der Waals surface area contributed by atoms with E-state index in [0.29, 0.717) is 11.0 Å². The Morgan fingerprint density at radius 1 is 1.17 bits per heavy atom. The molecule has 2 rings (SSSR count). The first-order valence-corrected chi connectivity index (χ1v) is 8.23. The number of nitrogens with one attached hydrogen (secondary N) is 1. The number of anilines is 1. The van der Waals surface area contributed by atoms with Crippen molar-refractivity contribution in [2.75, 3.05) is 5.32 Å². The van der Waals surface area contributed by atoms with Crippen molar-refractivity contribution >= 4 is 17.4 Å². The van der Waals surface area contributed by atoms with E-state index in [9.17, 15) is 8.78 Å². The molecule has 1 N–H and O–H groups in total. The quantitative estimate of drug-likeness (QED) is 0.657. The smallest absolute Gasteiger partial charge is 0.387 e. The second kappa shape index (κ2) is 8.78. The number of halogens is 3. The minimum Gasteiger partial charge on any atom is -0.435 e. The second-order valence-corrected chi connectivity index (χ2v) is 5.65. The van der Waals surface area contributed by atoms with E-state index in [1.807, 2.05) is 6.92 Å². The highest BCUT2D eigenvalue weighted by Crippen LogP contribution is 2.28. The largest absolute Gasteiger partial charge is 0.435 e. The van der Waals surface area contributed by atoms with Crippen LogP contribution in [0.5, 0.6) is 5.75 Å². The third-order valence-electron chi connectivity index (χ3n) is 3.62. The standard InChI is InChI=1S/C17H20ClF2N3O/c1-3-5-13-15(18)21-10-22-16(13)23-14(4-2)11-6-8-12(9-7-11)24-17(19)20/h6-10,14,17H,3-5H2,1-2H3,(H,21,22,23)/t14-/m1/s1. The minimum atomic E-state index is -2.82. The maximum Gasteiger partial charge on any atom is 0.387 e. The fraction of sp³-hybridized carbons (Fsp3) is 0.412. The highest BCUT2D eigenvalue weighted by atomic mass is 35.5. The molecule has 1 heterocycles. The van der Waals surface area contributed by atoms with Crippen LogP contribution in [-0.4, -0.2) is 16.6 Å². The Labute approximate surface area is 145 Å². The summed E-state index contributed by atoms with van der Waals surface area (Å²) in [6, 6.07) is 6.58. The molecule has 24 heavy (non-hydrogen) atoms. The third-order valence-corrected chi connectivity index (χ3v) is 3.95. The van der Waals surface area contributed by atoms with Gasteiger partial charge in [-0.3, -0.25) is 0 Å². The summed E-state index contributed by atoms with van der Waals surface area (Å²) in [5.41, 5.74) is 1.84. The van der Waals surface area contributed by atoms with Crippen LogP contribution < -0.4 is 10.1 Å². The highest BCUT2D eigenvalue weighted by Gasteiger charge is 2.15. The van der Waals surface area contributed by atoms with Gasteiger partial charge >= 0.3 is 6.61 Å². The summed E-state index contributed by atoms with van der Waals surface area (Å²) >= 11 is 6.17. The van der Waals surface area contributed by atoms with Gasteiger partial charge in [-0.1, -0.05) is 44.0 Å². The number of aromatic nitrogens is 2. The van der Waals surface area contributed by atoms with Crippen LogP contribution in [0.3, 0.4) is 0 Å². The molecule has 0 saturated heterocycles. The van der Waals surface area contributed by atoms with Crippen molar-refractivity contribution in [1.82, 2.24) is 9.97 Å². The number of nitrogens with zero attached hydrogens (tertiary/aromatic N) is 2. The molecular formula is C17H20ClF2N3O. The van der Waals surface area contributed by atoms with Crippen molar-refractivity contribution in [2.24, 2.45) is 0 Å². The zero-order chi connectivity index (χ0) is 17.5. The molecule has 0 aliphatic rings. The van der Waals surface area contributed by atoms with E-state index in [1.165, 1.54) is 18.5 Å². The zero-order valence-corrected chi connectivity index (χ0v) is 14.4. The first-order valence-electron chi connectivity index (χ1n) is 7.85. The van der Waals surface area contributed by atoms with E-state index < -0.39 is 6.61 Å². The molecule has 0 spiro atoms. The summed E-state index contributed by atoms with van der Waals surface area (Å²) in [4.78, 5) is 8.33. The van der Waals surface area contributed by atoms with Gasteiger partial charge in [0.05, 0.1) is 6.04 Å². The molecule has 7 heteroatoms. The van der Waals surface area contributed by atoms with Crippen molar-refractivity contribution in [3.05, 3.63) is 46.9 Å². The van der Waals surface area contributed by atoms with Crippen LogP contribution in [0.2, 0.25) is 5.15 Å². The van der Waals surface area contributed by atoms with Crippen molar-refractivity contribution in [1.29, 1.82) is 0 Å². The molecule has 0 unspecified atom stereocenters. The van der Waals surface area contributed by atoms with Crippen LogP contribution >= 0.6 is 11.6 Å². The van der Waals surface area contributed by atoms with E-state index in [4.69, 9.17) is 11.6 Å². The molecule has 130 valence electrons. The number of ether oxygens (including phenoxy) is 1.